The monoisotopic (exact) mass is 334 g/mol. The Kier molecular flexibility index (Phi) is 4.91. The molecule has 8 nitrogen and oxygen atoms in total. The van der Waals surface area contributed by atoms with Crippen LogP contribution >= 0.6 is 12.2 Å². The van der Waals surface area contributed by atoms with Crippen LogP contribution in [0.25, 0.3) is 0 Å². The number of rotatable bonds is 4. The highest BCUT2D eigenvalue weighted by Gasteiger charge is 2.11. The second-order valence-electron chi connectivity index (χ2n) is 4.46. The van der Waals surface area contributed by atoms with Gasteiger partial charge in [-0.25, -0.2) is 5.43 Å². The van der Waals surface area contributed by atoms with E-state index < -0.39 is 11.5 Å². The second kappa shape index (κ2) is 6.88. The summed E-state index contributed by atoms with van der Waals surface area (Å²) in [5.74, 6) is -1.19. The van der Waals surface area contributed by atoms with Crippen molar-refractivity contribution in [1.29, 1.82) is 0 Å². The molecule has 1 aromatic carbocycles. The van der Waals surface area contributed by atoms with E-state index in [1.54, 1.807) is 19.1 Å². The SMILES string of the molecule is CCn1c(O)c(/C=N/NC(=O)c2ccccc2O)c(=O)[nH]c1=S. The third-order valence-corrected chi connectivity index (χ3v) is 3.35. The number of carbonyl (C=O) groups excluding carboxylic acids is 1. The molecule has 23 heavy (non-hydrogen) atoms. The van der Waals surface area contributed by atoms with Gasteiger partial charge >= 0.3 is 0 Å². The molecule has 2 rings (SSSR count). The van der Waals surface area contributed by atoms with Crippen molar-refractivity contribution in [3.63, 3.8) is 0 Å². The minimum atomic E-state index is -0.654. The molecule has 0 fully saturated rings. The number of amides is 1. The Morgan fingerprint density at radius 1 is 1.43 bits per heavy atom. The summed E-state index contributed by atoms with van der Waals surface area (Å²) in [6.45, 7) is 2.10. The summed E-state index contributed by atoms with van der Waals surface area (Å²) in [5.41, 5.74) is 1.43. The standard InChI is InChI=1S/C14H14N4O4S/c1-2-18-13(22)9(11(20)16-14(18)23)7-15-17-12(21)8-5-3-4-6-10(8)19/h3-7,19,22H,2H2,1H3,(H,17,21)(H,16,20,23)/b15-7+. The highest BCUT2D eigenvalue weighted by molar-refractivity contribution is 7.71. The maximum absolute atomic E-state index is 11.8. The van der Waals surface area contributed by atoms with Gasteiger partial charge in [0.15, 0.2) is 4.77 Å². The van der Waals surface area contributed by atoms with E-state index in [9.17, 15) is 19.8 Å². The Morgan fingerprint density at radius 3 is 2.78 bits per heavy atom. The molecule has 0 bridgehead atoms. The molecule has 0 unspecified atom stereocenters. The first kappa shape index (κ1) is 16.4. The molecule has 2 aromatic rings. The fraction of sp³-hybridized carbons (Fsp3) is 0.143. The molecule has 0 spiro atoms. The summed E-state index contributed by atoms with van der Waals surface area (Å²) in [4.78, 5) is 26.0. The Hall–Kier alpha value is -2.94. The van der Waals surface area contributed by atoms with Crippen molar-refractivity contribution in [3.8, 4) is 11.6 Å². The second-order valence-corrected chi connectivity index (χ2v) is 4.84. The smallest absolute Gasteiger partial charge is 0.275 e. The zero-order chi connectivity index (χ0) is 17.0. The largest absolute Gasteiger partial charge is 0.507 e. The molecule has 0 atom stereocenters. The van der Waals surface area contributed by atoms with Gasteiger partial charge in [-0.2, -0.15) is 5.10 Å². The average Bonchev–Trinajstić information content (AvgIpc) is 2.51. The summed E-state index contributed by atoms with van der Waals surface area (Å²) in [5, 5.41) is 23.2. The zero-order valence-electron chi connectivity index (χ0n) is 12.1. The lowest BCUT2D eigenvalue weighted by atomic mass is 10.2. The summed E-state index contributed by atoms with van der Waals surface area (Å²) in [7, 11) is 0. The Balaban J connectivity index is 2.25. The number of phenolic OH excluding ortho intramolecular Hbond substituents is 1. The number of nitrogens with zero attached hydrogens (tertiary/aromatic N) is 2. The number of phenols is 1. The first-order chi connectivity index (χ1) is 11.0. The van der Waals surface area contributed by atoms with Crippen molar-refractivity contribution in [2.45, 2.75) is 13.5 Å². The van der Waals surface area contributed by atoms with Crippen LogP contribution in [0.5, 0.6) is 11.6 Å². The number of hydrogen-bond donors (Lipinski definition) is 4. The lowest BCUT2D eigenvalue weighted by molar-refractivity contribution is 0.0952. The zero-order valence-corrected chi connectivity index (χ0v) is 12.9. The topological polar surface area (TPSA) is 120 Å². The van der Waals surface area contributed by atoms with Crippen LogP contribution in [0.15, 0.2) is 34.2 Å². The number of aromatic hydroxyl groups is 2. The van der Waals surface area contributed by atoms with E-state index in [-0.39, 0.29) is 27.5 Å². The number of aromatic amines is 1. The van der Waals surface area contributed by atoms with E-state index >= 15 is 0 Å². The van der Waals surface area contributed by atoms with E-state index in [1.807, 2.05) is 0 Å². The van der Waals surface area contributed by atoms with E-state index in [2.05, 4.69) is 15.5 Å². The van der Waals surface area contributed by atoms with E-state index in [0.717, 1.165) is 6.21 Å². The van der Waals surface area contributed by atoms with Crippen molar-refractivity contribution in [3.05, 3.63) is 50.5 Å². The molecular formula is C14H14N4O4S. The first-order valence-electron chi connectivity index (χ1n) is 6.63. The summed E-state index contributed by atoms with van der Waals surface area (Å²) >= 11 is 4.92. The molecular weight excluding hydrogens is 320 g/mol. The van der Waals surface area contributed by atoms with Crippen LogP contribution in [0.3, 0.4) is 0 Å². The van der Waals surface area contributed by atoms with Crippen molar-refractivity contribution >= 4 is 24.3 Å². The lowest BCUT2D eigenvalue weighted by Gasteiger charge is -2.08. The lowest BCUT2D eigenvalue weighted by Crippen LogP contribution is -2.21. The number of benzene rings is 1. The van der Waals surface area contributed by atoms with Crippen molar-refractivity contribution in [2.75, 3.05) is 0 Å². The molecule has 0 saturated carbocycles. The predicted octanol–water partition coefficient (Wildman–Crippen LogP) is 1.10. The summed E-state index contributed by atoms with van der Waals surface area (Å²) in [6.07, 6.45) is 1.01. The van der Waals surface area contributed by atoms with Gasteiger partial charge in [-0.1, -0.05) is 12.1 Å². The van der Waals surface area contributed by atoms with Gasteiger partial charge in [0.25, 0.3) is 11.5 Å². The maximum Gasteiger partial charge on any atom is 0.275 e. The number of hydrogen-bond acceptors (Lipinski definition) is 6. The van der Waals surface area contributed by atoms with Gasteiger partial charge < -0.3 is 10.2 Å². The van der Waals surface area contributed by atoms with E-state index in [0.29, 0.717) is 6.54 Å². The van der Waals surface area contributed by atoms with Crippen molar-refractivity contribution in [1.82, 2.24) is 15.0 Å². The minimum absolute atomic E-state index is 0.0345. The van der Waals surface area contributed by atoms with Crippen molar-refractivity contribution in [2.24, 2.45) is 5.10 Å². The molecule has 0 aliphatic heterocycles. The quantitative estimate of drug-likeness (QED) is 0.379. The van der Waals surface area contributed by atoms with Crippen LogP contribution < -0.4 is 11.0 Å². The van der Waals surface area contributed by atoms with Crippen LogP contribution in [-0.4, -0.2) is 31.9 Å². The predicted molar refractivity (Wildman–Crippen MR) is 86.4 cm³/mol. The van der Waals surface area contributed by atoms with Gasteiger partial charge in [-0.15, -0.1) is 0 Å². The van der Waals surface area contributed by atoms with Gasteiger partial charge in [0.2, 0.25) is 5.88 Å². The minimum Gasteiger partial charge on any atom is -0.507 e. The number of H-pyrrole nitrogens is 1. The maximum atomic E-state index is 11.8. The van der Waals surface area contributed by atoms with Crippen LogP contribution in [-0.2, 0) is 6.54 Å². The summed E-state index contributed by atoms with van der Waals surface area (Å²) < 4.78 is 1.40. The van der Waals surface area contributed by atoms with Crippen molar-refractivity contribution < 1.29 is 15.0 Å². The number of para-hydroxylation sites is 1. The number of carbonyl (C=O) groups is 1. The molecule has 1 aromatic heterocycles. The van der Waals surface area contributed by atoms with Crippen LogP contribution in [0.1, 0.15) is 22.8 Å². The van der Waals surface area contributed by atoms with Gasteiger partial charge in [0, 0.05) is 6.54 Å². The Morgan fingerprint density at radius 2 is 2.13 bits per heavy atom. The molecule has 0 aliphatic carbocycles. The molecule has 120 valence electrons. The average molecular weight is 334 g/mol. The molecule has 1 heterocycles. The fourth-order valence-corrected chi connectivity index (χ4v) is 2.17. The van der Waals surface area contributed by atoms with Crippen LogP contribution in [0.2, 0.25) is 0 Å². The van der Waals surface area contributed by atoms with Gasteiger partial charge in [-0.05, 0) is 31.3 Å². The van der Waals surface area contributed by atoms with Crippen LogP contribution in [0, 0.1) is 4.77 Å². The number of aromatic nitrogens is 2. The van der Waals surface area contributed by atoms with Gasteiger partial charge in [-0.3, -0.25) is 19.1 Å². The van der Waals surface area contributed by atoms with E-state index in [4.69, 9.17) is 12.2 Å². The van der Waals surface area contributed by atoms with Gasteiger partial charge in [0.05, 0.1) is 11.8 Å². The molecule has 0 aliphatic rings. The van der Waals surface area contributed by atoms with E-state index in [1.165, 1.54) is 16.7 Å². The first-order valence-corrected chi connectivity index (χ1v) is 7.04. The molecule has 1 amide bonds. The Labute approximate surface area is 135 Å². The molecule has 0 radical (unpaired) electrons. The van der Waals surface area contributed by atoms with Gasteiger partial charge in [0.1, 0.15) is 11.3 Å². The Bertz CT molecular complexity index is 885. The number of hydrazone groups is 1. The third kappa shape index (κ3) is 3.46. The fourth-order valence-electron chi connectivity index (χ4n) is 1.87. The molecule has 0 saturated heterocycles. The third-order valence-electron chi connectivity index (χ3n) is 3.03. The molecule has 9 heteroatoms. The normalized spacial score (nSPS) is 10.8. The summed E-state index contributed by atoms with van der Waals surface area (Å²) in [6, 6.07) is 5.94. The highest BCUT2D eigenvalue weighted by atomic mass is 32.1. The highest BCUT2D eigenvalue weighted by Crippen LogP contribution is 2.15. The number of nitrogens with one attached hydrogen (secondary N) is 2. The van der Waals surface area contributed by atoms with Crippen LogP contribution in [0.4, 0.5) is 0 Å². The molecule has 4 N–H and O–H groups in total.